The average Bonchev–Trinajstić information content (AvgIpc) is 2.54. The topological polar surface area (TPSA) is 56.3 Å². The fourth-order valence-electron chi connectivity index (χ4n) is 2.21. The Kier molecular flexibility index (Phi) is 4.14. The molecule has 1 aliphatic rings. The normalized spacial score (nSPS) is 13.1. The number of nitrogens with one attached hydrogen (secondary N) is 1. The Morgan fingerprint density at radius 3 is 2.67 bits per heavy atom. The van der Waals surface area contributed by atoms with Gasteiger partial charge >= 0.3 is 0 Å². The average molecular weight is 397 g/mol. The van der Waals surface area contributed by atoms with Crippen molar-refractivity contribution < 1.29 is 9.47 Å². The maximum Gasteiger partial charge on any atom is 0.162 e. The third-order valence-corrected chi connectivity index (χ3v) is 4.43. The highest BCUT2D eigenvalue weighted by Gasteiger charge is 2.16. The summed E-state index contributed by atoms with van der Waals surface area (Å²) in [7, 11) is 1.87. The van der Waals surface area contributed by atoms with Crippen LogP contribution in [0.4, 0.5) is 5.82 Å². The number of ether oxygens (including phenoxy) is 2. The zero-order valence-electron chi connectivity index (χ0n) is 11.9. The van der Waals surface area contributed by atoms with E-state index in [2.05, 4.69) is 44.8 Å². The standard InChI is InChI=1S/C15H16IN3O2/c1-3-10-13(16)15(17-2)19-14(18-10)9-4-5-11-12(8-9)21-7-6-20-11/h4-5,8H,3,6-7H2,1-2H3,(H,17,18,19). The fourth-order valence-corrected chi connectivity index (χ4v) is 3.10. The number of aryl methyl sites for hydroxylation is 1. The van der Waals surface area contributed by atoms with Crippen LogP contribution in [0.1, 0.15) is 12.6 Å². The summed E-state index contributed by atoms with van der Waals surface area (Å²) in [5, 5.41) is 3.13. The van der Waals surface area contributed by atoms with Crippen molar-refractivity contribution in [2.24, 2.45) is 0 Å². The summed E-state index contributed by atoms with van der Waals surface area (Å²) in [4.78, 5) is 9.26. The van der Waals surface area contributed by atoms with Crippen LogP contribution in [0.3, 0.4) is 0 Å². The van der Waals surface area contributed by atoms with E-state index >= 15 is 0 Å². The molecule has 0 unspecified atom stereocenters. The summed E-state index contributed by atoms with van der Waals surface area (Å²) in [5.74, 6) is 3.09. The quantitative estimate of drug-likeness (QED) is 0.807. The monoisotopic (exact) mass is 397 g/mol. The second-order valence-electron chi connectivity index (χ2n) is 4.62. The van der Waals surface area contributed by atoms with Crippen molar-refractivity contribution in [1.82, 2.24) is 9.97 Å². The van der Waals surface area contributed by atoms with Gasteiger partial charge in [0.05, 0.1) is 9.26 Å². The Hall–Kier alpha value is -1.57. The van der Waals surface area contributed by atoms with Crippen molar-refractivity contribution in [1.29, 1.82) is 0 Å². The molecule has 0 atom stereocenters. The van der Waals surface area contributed by atoms with Crippen LogP contribution < -0.4 is 14.8 Å². The van der Waals surface area contributed by atoms with Crippen LogP contribution in [0.25, 0.3) is 11.4 Å². The zero-order valence-corrected chi connectivity index (χ0v) is 14.1. The first kappa shape index (κ1) is 14.4. The SMILES string of the molecule is CCc1nc(-c2ccc3c(c2)OCCO3)nc(NC)c1I. The minimum Gasteiger partial charge on any atom is -0.486 e. The number of anilines is 1. The third kappa shape index (κ3) is 2.76. The number of nitrogens with zero attached hydrogens (tertiary/aromatic N) is 2. The van der Waals surface area contributed by atoms with Crippen LogP contribution in [0.5, 0.6) is 11.5 Å². The highest BCUT2D eigenvalue weighted by atomic mass is 127. The predicted molar refractivity (Wildman–Crippen MR) is 90.1 cm³/mol. The van der Waals surface area contributed by atoms with Crippen LogP contribution in [-0.2, 0) is 6.42 Å². The molecule has 2 aromatic rings. The summed E-state index contributed by atoms with van der Waals surface area (Å²) in [6.45, 7) is 3.26. The number of hydrogen-bond donors (Lipinski definition) is 1. The van der Waals surface area contributed by atoms with Crippen molar-refractivity contribution in [3.8, 4) is 22.9 Å². The van der Waals surface area contributed by atoms with Crippen LogP contribution in [-0.4, -0.2) is 30.2 Å². The van der Waals surface area contributed by atoms with Gasteiger partial charge in [0, 0.05) is 12.6 Å². The van der Waals surface area contributed by atoms with Gasteiger partial charge in [-0.15, -0.1) is 0 Å². The first-order valence-corrected chi connectivity index (χ1v) is 7.95. The molecule has 0 saturated carbocycles. The van der Waals surface area contributed by atoms with Gasteiger partial charge in [0.15, 0.2) is 17.3 Å². The smallest absolute Gasteiger partial charge is 0.162 e. The molecule has 0 amide bonds. The molecule has 0 bridgehead atoms. The van der Waals surface area contributed by atoms with Crippen molar-refractivity contribution in [3.63, 3.8) is 0 Å². The van der Waals surface area contributed by atoms with E-state index in [1.165, 1.54) is 0 Å². The lowest BCUT2D eigenvalue weighted by molar-refractivity contribution is 0.171. The summed E-state index contributed by atoms with van der Waals surface area (Å²) in [6, 6.07) is 5.82. The molecule has 5 nitrogen and oxygen atoms in total. The lowest BCUT2D eigenvalue weighted by atomic mass is 10.1. The Morgan fingerprint density at radius 1 is 1.19 bits per heavy atom. The van der Waals surface area contributed by atoms with Crippen LogP contribution in [0.15, 0.2) is 18.2 Å². The van der Waals surface area contributed by atoms with E-state index in [-0.39, 0.29) is 0 Å². The maximum atomic E-state index is 5.62. The van der Waals surface area contributed by atoms with Gasteiger partial charge in [0.2, 0.25) is 0 Å². The molecule has 0 saturated heterocycles. The molecule has 0 spiro atoms. The van der Waals surface area contributed by atoms with E-state index < -0.39 is 0 Å². The number of halogens is 1. The largest absolute Gasteiger partial charge is 0.486 e. The Bertz CT molecular complexity index is 651. The molecular weight excluding hydrogens is 381 g/mol. The number of hydrogen-bond acceptors (Lipinski definition) is 5. The minimum absolute atomic E-state index is 0.575. The van der Waals surface area contributed by atoms with E-state index in [0.717, 1.165) is 38.6 Å². The molecular formula is C15H16IN3O2. The number of benzene rings is 1. The Labute approximate surface area is 137 Å². The molecule has 110 valence electrons. The molecule has 2 heterocycles. The van der Waals surface area contributed by atoms with Crippen molar-refractivity contribution in [2.75, 3.05) is 25.6 Å². The zero-order chi connectivity index (χ0) is 14.8. The van der Waals surface area contributed by atoms with E-state index in [1.54, 1.807) is 0 Å². The van der Waals surface area contributed by atoms with E-state index in [1.807, 2.05) is 25.2 Å². The van der Waals surface area contributed by atoms with Crippen LogP contribution in [0.2, 0.25) is 0 Å². The number of rotatable bonds is 3. The number of fused-ring (bicyclic) bond motifs is 1. The number of aromatic nitrogens is 2. The summed E-state index contributed by atoms with van der Waals surface area (Å²) < 4.78 is 12.2. The molecule has 0 aliphatic carbocycles. The second-order valence-corrected chi connectivity index (χ2v) is 5.70. The molecule has 0 fully saturated rings. The highest BCUT2D eigenvalue weighted by molar-refractivity contribution is 14.1. The Morgan fingerprint density at radius 2 is 1.95 bits per heavy atom. The first-order valence-electron chi connectivity index (χ1n) is 6.87. The first-order chi connectivity index (χ1) is 10.2. The molecule has 1 N–H and O–H groups in total. The van der Waals surface area contributed by atoms with Gasteiger partial charge in [-0.1, -0.05) is 6.92 Å². The summed E-state index contributed by atoms with van der Waals surface area (Å²) in [5.41, 5.74) is 1.97. The van der Waals surface area contributed by atoms with Crippen molar-refractivity contribution in [3.05, 3.63) is 27.5 Å². The van der Waals surface area contributed by atoms with Gasteiger partial charge in [0.25, 0.3) is 0 Å². The lowest BCUT2D eigenvalue weighted by Gasteiger charge is -2.19. The van der Waals surface area contributed by atoms with E-state index in [0.29, 0.717) is 19.0 Å². The molecule has 21 heavy (non-hydrogen) atoms. The summed E-state index contributed by atoms with van der Waals surface area (Å²) >= 11 is 2.28. The third-order valence-electron chi connectivity index (χ3n) is 3.29. The molecule has 1 aromatic carbocycles. The van der Waals surface area contributed by atoms with Crippen molar-refractivity contribution in [2.45, 2.75) is 13.3 Å². The lowest BCUT2D eigenvalue weighted by Crippen LogP contribution is -2.15. The molecule has 1 aromatic heterocycles. The van der Waals surface area contributed by atoms with Crippen LogP contribution in [0, 0.1) is 3.57 Å². The van der Waals surface area contributed by atoms with Gasteiger partial charge in [0.1, 0.15) is 19.0 Å². The van der Waals surface area contributed by atoms with Crippen LogP contribution >= 0.6 is 22.6 Å². The van der Waals surface area contributed by atoms with Gasteiger partial charge in [-0.25, -0.2) is 9.97 Å². The molecule has 3 rings (SSSR count). The fraction of sp³-hybridized carbons (Fsp3) is 0.333. The van der Waals surface area contributed by atoms with Crippen molar-refractivity contribution >= 4 is 28.4 Å². The van der Waals surface area contributed by atoms with Gasteiger partial charge < -0.3 is 14.8 Å². The molecule has 1 aliphatic heterocycles. The van der Waals surface area contributed by atoms with E-state index in [9.17, 15) is 0 Å². The van der Waals surface area contributed by atoms with Gasteiger partial charge in [-0.2, -0.15) is 0 Å². The molecule has 6 heteroatoms. The second kappa shape index (κ2) is 6.05. The predicted octanol–water partition coefficient (Wildman–Crippen LogP) is 3.12. The maximum absolute atomic E-state index is 5.62. The Balaban J connectivity index is 2.07. The van der Waals surface area contributed by atoms with Gasteiger partial charge in [-0.3, -0.25) is 0 Å². The van der Waals surface area contributed by atoms with E-state index in [4.69, 9.17) is 9.47 Å². The highest BCUT2D eigenvalue weighted by Crippen LogP contribution is 2.34. The summed E-state index contributed by atoms with van der Waals surface area (Å²) in [6.07, 6.45) is 0.868. The minimum atomic E-state index is 0.575. The molecule has 0 radical (unpaired) electrons. The van der Waals surface area contributed by atoms with Gasteiger partial charge in [-0.05, 0) is 47.2 Å².